The van der Waals surface area contributed by atoms with E-state index < -0.39 is 21.7 Å². The Hall–Kier alpha value is -1.83. The van der Waals surface area contributed by atoms with Crippen LogP contribution in [0, 0.1) is 11.6 Å². The van der Waals surface area contributed by atoms with Crippen molar-refractivity contribution in [2.24, 2.45) is 0 Å². The summed E-state index contributed by atoms with van der Waals surface area (Å²) in [4.78, 5) is 0.272. The van der Waals surface area contributed by atoms with Crippen molar-refractivity contribution in [1.82, 2.24) is 9.62 Å². The molecule has 3 rings (SSSR count). The molecule has 1 fully saturated rings. The molecule has 0 bridgehead atoms. The van der Waals surface area contributed by atoms with Crippen LogP contribution in [0.2, 0.25) is 0 Å². The molecule has 2 aromatic rings. The third-order valence-electron chi connectivity index (χ3n) is 4.54. The van der Waals surface area contributed by atoms with Crippen molar-refractivity contribution in [3.63, 3.8) is 0 Å². The number of hydrogen-bond donors (Lipinski definition) is 1. The molecule has 0 atom stereocenters. The highest BCUT2D eigenvalue weighted by Gasteiger charge is 2.27. The zero-order chi connectivity index (χ0) is 18.6. The second kappa shape index (κ2) is 8.24. The number of piperidine rings is 1. The van der Waals surface area contributed by atoms with Crippen molar-refractivity contribution in [2.45, 2.75) is 37.2 Å². The number of sulfonamides is 1. The van der Waals surface area contributed by atoms with Gasteiger partial charge in [-0.05, 0) is 42.7 Å². The number of halogens is 2. The van der Waals surface area contributed by atoms with Gasteiger partial charge in [0.15, 0.2) is 0 Å². The molecule has 1 aliphatic heterocycles. The van der Waals surface area contributed by atoms with E-state index in [4.69, 9.17) is 0 Å². The Morgan fingerprint density at radius 2 is 1.62 bits per heavy atom. The van der Waals surface area contributed by atoms with Gasteiger partial charge in [0.05, 0.1) is 4.90 Å². The molecule has 140 valence electrons. The molecule has 26 heavy (non-hydrogen) atoms. The Morgan fingerprint density at radius 3 is 2.38 bits per heavy atom. The lowest BCUT2D eigenvalue weighted by Gasteiger charge is -2.26. The maximum absolute atomic E-state index is 13.7. The fourth-order valence-electron chi connectivity index (χ4n) is 3.16. The number of nitrogens with one attached hydrogen (secondary N) is 1. The van der Waals surface area contributed by atoms with Gasteiger partial charge in [-0.3, -0.25) is 0 Å². The summed E-state index contributed by atoms with van der Waals surface area (Å²) in [7, 11) is -3.54. The molecule has 0 unspecified atom stereocenters. The van der Waals surface area contributed by atoms with Gasteiger partial charge in [-0.15, -0.1) is 0 Å². The molecular weight excluding hydrogens is 358 g/mol. The van der Waals surface area contributed by atoms with Crippen LogP contribution < -0.4 is 5.32 Å². The van der Waals surface area contributed by atoms with E-state index in [2.05, 4.69) is 5.32 Å². The van der Waals surface area contributed by atoms with E-state index in [1.165, 1.54) is 4.31 Å². The first-order valence-electron chi connectivity index (χ1n) is 8.71. The highest BCUT2D eigenvalue weighted by atomic mass is 32.2. The van der Waals surface area contributed by atoms with Gasteiger partial charge in [-0.1, -0.05) is 24.6 Å². The van der Waals surface area contributed by atoms with Crippen LogP contribution in [0.3, 0.4) is 0 Å². The predicted molar refractivity (Wildman–Crippen MR) is 96.0 cm³/mol. The second-order valence-electron chi connectivity index (χ2n) is 6.41. The average Bonchev–Trinajstić information content (AvgIpc) is 2.65. The van der Waals surface area contributed by atoms with Crippen LogP contribution in [0.5, 0.6) is 0 Å². The first kappa shape index (κ1) is 18.9. The molecule has 1 saturated heterocycles. The maximum atomic E-state index is 13.7. The Labute approximate surface area is 152 Å². The molecule has 0 saturated carbocycles. The monoisotopic (exact) mass is 380 g/mol. The first-order valence-corrected chi connectivity index (χ1v) is 10.2. The van der Waals surface area contributed by atoms with Crippen molar-refractivity contribution < 1.29 is 17.2 Å². The molecule has 4 nitrogen and oxygen atoms in total. The summed E-state index contributed by atoms with van der Waals surface area (Å²) in [5.41, 5.74) is 0.830. The number of benzene rings is 2. The molecule has 0 spiro atoms. The van der Waals surface area contributed by atoms with Crippen molar-refractivity contribution in [3.05, 3.63) is 65.2 Å². The molecule has 2 aromatic carbocycles. The van der Waals surface area contributed by atoms with Crippen LogP contribution in [0.15, 0.2) is 47.4 Å². The summed E-state index contributed by atoms with van der Waals surface area (Å²) in [6.45, 7) is 1.44. The second-order valence-corrected chi connectivity index (χ2v) is 8.32. The summed E-state index contributed by atoms with van der Waals surface area (Å²) < 4.78 is 54.3. The third kappa shape index (κ3) is 4.28. The van der Waals surface area contributed by atoms with Gasteiger partial charge in [0, 0.05) is 31.7 Å². The number of nitrogens with zero attached hydrogens (tertiary/aromatic N) is 1. The molecule has 7 heteroatoms. The highest BCUT2D eigenvalue weighted by molar-refractivity contribution is 7.89. The zero-order valence-electron chi connectivity index (χ0n) is 14.4. The van der Waals surface area contributed by atoms with Crippen molar-refractivity contribution in [2.75, 3.05) is 13.1 Å². The first-order chi connectivity index (χ1) is 12.5. The standard InChI is InChI=1S/C19H22F2N2O2S/c20-17-8-9-18(21)16(12-17)14-22-13-15-6-2-3-7-19(15)26(24,25)23-10-4-1-5-11-23/h2-3,6-9,12,22H,1,4-5,10-11,13-14H2. The lowest BCUT2D eigenvalue weighted by molar-refractivity contribution is 0.346. The maximum Gasteiger partial charge on any atom is 0.243 e. The highest BCUT2D eigenvalue weighted by Crippen LogP contribution is 2.23. The SMILES string of the molecule is O=S(=O)(c1ccccc1CNCc1cc(F)ccc1F)N1CCCCC1. The van der Waals surface area contributed by atoms with Crippen LogP contribution in [0.1, 0.15) is 30.4 Å². The lowest BCUT2D eigenvalue weighted by Crippen LogP contribution is -2.36. The van der Waals surface area contributed by atoms with Crippen LogP contribution in [-0.4, -0.2) is 25.8 Å². The summed E-state index contributed by atoms with van der Waals surface area (Å²) in [6, 6.07) is 10.1. The molecule has 1 N–H and O–H groups in total. The summed E-state index contributed by atoms with van der Waals surface area (Å²) in [5.74, 6) is -0.996. The lowest BCUT2D eigenvalue weighted by atomic mass is 10.2. The molecule has 0 radical (unpaired) electrons. The molecule has 1 aliphatic rings. The van der Waals surface area contributed by atoms with Crippen molar-refractivity contribution in [3.8, 4) is 0 Å². The predicted octanol–water partition coefficient (Wildman–Crippen LogP) is 3.43. The Bertz CT molecular complexity index is 866. The summed E-state index contributed by atoms with van der Waals surface area (Å²) >= 11 is 0. The van der Waals surface area contributed by atoms with Crippen molar-refractivity contribution in [1.29, 1.82) is 0 Å². The molecule has 0 amide bonds. The minimum absolute atomic E-state index is 0.113. The van der Waals surface area contributed by atoms with Gasteiger partial charge < -0.3 is 5.32 Å². The van der Waals surface area contributed by atoms with E-state index in [0.29, 0.717) is 18.7 Å². The van der Waals surface area contributed by atoms with E-state index in [9.17, 15) is 17.2 Å². The normalized spacial score (nSPS) is 15.9. The van der Waals surface area contributed by atoms with Gasteiger partial charge in [0.1, 0.15) is 11.6 Å². The minimum atomic E-state index is -3.54. The van der Waals surface area contributed by atoms with Crippen molar-refractivity contribution >= 4 is 10.0 Å². The molecule has 1 heterocycles. The fraction of sp³-hybridized carbons (Fsp3) is 0.368. The number of hydrogen-bond acceptors (Lipinski definition) is 3. The van der Waals surface area contributed by atoms with Gasteiger partial charge in [0.2, 0.25) is 10.0 Å². The average molecular weight is 380 g/mol. The Kier molecular flexibility index (Phi) is 6.01. The smallest absolute Gasteiger partial charge is 0.243 e. The van der Waals surface area contributed by atoms with Gasteiger partial charge in [0.25, 0.3) is 0 Å². The molecule has 0 aromatic heterocycles. The Morgan fingerprint density at radius 1 is 0.923 bits per heavy atom. The van der Waals surface area contributed by atoms with Gasteiger partial charge in [-0.25, -0.2) is 17.2 Å². The van der Waals surface area contributed by atoms with Crippen LogP contribution in [-0.2, 0) is 23.1 Å². The van der Waals surface area contributed by atoms with E-state index in [1.54, 1.807) is 24.3 Å². The van der Waals surface area contributed by atoms with Crippen LogP contribution >= 0.6 is 0 Å². The van der Waals surface area contributed by atoms with E-state index in [1.807, 2.05) is 0 Å². The van der Waals surface area contributed by atoms with Gasteiger partial charge >= 0.3 is 0 Å². The minimum Gasteiger partial charge on any atom is -0.308 e. The summed E-state index contributed by atoms with van der Waals surface area (Å²) in [5, 5.41) is 3.01. The topological polar surface area (TPSA) is 49.4 Å². The number of rotatable bonds is 6. The van der Waals surface area contributed by atoms with Crippen LogP contribution in [0.4, 0.5) is 8.78 Å². The Balaban J connectivity index is 1.74. The fourth-order valence-corrected chi connectivity index (χ4v) is 4.90. The van der Waals surface area contributed by atoms with Gasteiger partial charge in [-0.2, -0.15) is 4.31 Å². The molecule has 0 aliphatic carbocycles. The van der Waals surface area contributed by atoms with Crippen LogP contribution in [0.25, 0.3) is 0 Å². The summed E-state index contributed by atoms with van der Waals surface area (Å²) in [6.07, 6.45) is 2.80. The quantitative estimate of drug-likeness (QED) is 0.835. The zero-order valence-corrected chi connectivity index (χ0v) is 15.2. The van der Waals surface area contributed by atoms with E-state index in [0.717, 1.165) is 37.5 Å². The molecular formula is C19H22F2N2O2S. The third-order valence-corrected chi connectivity index (χ3v) is 6.54. The van der Waals surface area contributed by atoms with E-state index >= 15 is 0 Å². The van der Waals surface area contributed by atoms with E-state index in [-0.39, 0.29) is 23.5 Å². The largest absolute Gasteiger partial charge is 0.308 e.